The molecule has 1 rings (SSSR count). The zero-order valence-corrected chi connectivity index (χ0v) is 14.1. The van der Waals surface area contributed by atoms with Gasteiger partial charge >= 0.3 is 0 Å². The molecule has 0 saturated carbocycles. The van der Waals surface area contributed by atoms with Crippen molar-refractivity contribution >= 4 is 21.8 Å². The van der Waals surface area contributed by atoms with E-state index in [-0.39, 0.29) is 0 Å². The molecule has 1 heterocycles. The van der Waals surface area contributed by atoms with Crippen LogP contribution < -0.4 is 0 Å². The van der Waals surface area contributed by atoms with Crippen molar-refractivity contribution in [1.29, 1.82) is 0 Å². The normalized spacial score (nSPS) is 17.2. The van der Waals surface area contributed by atoms with E-state index in [2.05, 4.69) is 39.6 Å². The molecule has 112 valence electrons. The quantitative estimate of drug-likeness (QED) is 0.503. The monoisotopic (exact) mass is 332 g/mol. The zero-order chi connectivity index (χ0) is 14.1. The van der Waals surface area contributed by atoms with Gasteiger partial charge in [-0.25, -0.2) is 0 Å². The predicted octanol–water partition coefficient (Wildman–Crippen LogP) is 3.13. The van der Waals surface area contributed by atoms with Gasteiger partial charge in [-0.05, 0) is 44.7 Å². The van der Waals surface area contributed by atoms with Crippen LogP contribution in [0.25, 0.3) is 0 Å². The van der Waals surface area contributed by atoms with E-state index in [1.54, 1.807) is 0 Å². The Morgan fingerprint density at radius 3 is 2.37 bits per heavy atom. The van der Waals surface area contributed by atoms with Crippen LogP contribution in [0.1, 0.15) is 46.0 Å². The van der Waals surface area contributed by atoms with Crippen molar-refractivity contribution in [2.24, 2.45) is 5.92 Å². The molecule has 0 aromatic heterocycles. The second-order valence-electron chi connectivity index (χ2n) is 5.46. The molecule has 0 aromatic carbocycles. The first-order valence-corrected chi connectivity index (χ1v) is 8.89. The van der Waals surface area contributed by atoms with Crippen molar-refractivity contribution < 1.29 is 4.79 Å². The number of piperidine rings is 1. The van der Waals surface area contributed by atoms with Crippen molar-refractivity contribution in [3.63, 3.8) is 0 Å². The number of halogens is 1. The van der Waals surface area contributed by atoms with Crippen LogP contribution in [0.5, 0.6) is 0 Å². The number of amides is 1. The number of likely N-dealkylation sites (tertiary alicyclic amines) is 1. The number of nitrogens with zero attached hydrogens (tertiary/aromatic N) is 2. The Kier molecular flexibility index (Phi) is 8.71. The number of unbranched alkanes of at least 4 members (excludes halogenated alkanes) is 1. The van der Waals surface area contributed by atoms with E-state index in [1.807, 2.05) is 0 Å². The minimum atomic E-state index is 0.363. The molecular weight excluding hydrogens is 304 g/mol. The number of rotatable bonds is 8. The second-order valence-corrected chi connectivity index (χ2v) is 6.25. The van der Waals surface area contributed by atoms with Crippen molar-refractivity contribution in [2.45, 2.75) is 46.0 Å². The van der Waals surface area contributed by atoms with Crippen LogP contribution in [-0.4, -0.2) is 53.8 Å². The SMILES string of the molecule is CCN(CC)CC1CCN(C(=O)CCCCBr)CC1. The van der Waals surface area contributed by atoms with Gasteiger partial charge in [0.05, 0.1) is 0 Å². The number of alkyl halides is 1. The van der Waals surface area contributed by atoms with Gasteiger partial charge in [-0.2, -0.15) is 0 Å². The van der Waals surface area contributed by atoms with Crippen LogP contribution in [0, 0.1) is 5.92 Å². The van der Waals surface area contributed by atoms with Crippen molar-refractivity contribution in [1.82, 2.24) is 9.80 Å². The van der Waals surface area contributed by atoms with Gasteiger partial charge in [-0.15, -0.1) is 0 Å². The maximum Gasteiger partial charge on any atom is 0.222 e. The van der Waals surface area contributed by atoms with E-state index in [0.717, 1.165) is 56.7 Å². The fraction of sp³-hybridized carbons (Fsp3) is 0.933. The molecule has 0 unspecified atom stereocenters. The Morgan fingerprint density at radius 2 is 1.84 bits per heavy atom. The van der Waals surface area contributed by atoms with Crippen molar-refractivity contribution in [3.05, 3.63) is 0 Å². The van der Waals surface area contributed by atoms with E-state index in [9.17, 15) is 4.79 Å². The smallest absolute Gasteiger partial charge is 0.222 e. The fourth-order valence-corrected chi connectivity index (χ4v) is 3.14. The lowest BCUT2D eigenvalue weighted by atomic mass is 9.96. The van der Waals surface area contributed by atoms with E-state index in [0.29, 0.717) is 5.91 Å². The molecule has 3 nitrogen and oxygen atoms in total. The summed E-state index contributed by atoms with van der Waals surface area (Å²) >= 11 is 3.41. The van der Waals surface area contributed by atoms with Gasteiger partial charge in [0.2, 0.25) is 5.91 Å². The zero-order valence-electron chi connectivity index (χ0n) is 12.5. The topological polar surface area (TPSA) is 23.6 Å². The predicted molar refractivity (Wildman–Crippen MR) is 84.7 cm³/mol. The lowest BCUT2D eigenvalue weighted by molar-refractivity contribution is -0.132. The largest absolute Gasteiger partial charge is 0.343 e. The van der Waals surface area contributed by atoms with Gasteiger partial charge in [-0.3, -0.25) is 4.79 Å². The Hall–Kier alpha value is -0.0900. The Labute approximate surface area is 126 Å². The number of carbonyl (C=O) groups is 1. The summed E-state index contributed by atoms with van der Waals surface area (Å²) in [6.07, 6.45) is 5.21. The van der Waals surface area contributed by atoms with Gasteiger partial charge in [0.1, 0.15) is 0 Å². The van der Waals surface area contributed by atoms with Crippen LogP contribution in [0.2, 0.25) is 0 Å². The van der Waals surface area contributed by atoms with Crippen LogP contribution in [0.3, 0.4) is 0 Å². The van der Waals surface area contributed by atoms with Crippen LogP contribution in [0.4, 0.5) is 0 Å². The Morgan fingerprint density at radius 1 is 1.21 bits per heavy atom. The van der Waals surface area contributed by atoms with Gasteiger partial charge in [0.25, 0.3) is 0 Å². The lowest BCUT2D eigenvalue weighted by Gasteiger charge is -2.34. The minimum absolute atomic E-state index is 0.363. The summed E-state index contributed by atoms with van der Waals surface area (Å²) in [4.78, 5) is 16.6. The standard InChI is InChI=1S/C15H29BrN2O/c1-3-17(4-2)13-14-8-11-18(12-9-14)15(19)7-5-6-10-16/h14H,3-13H2,1-2H3. The summed E-state index contributed by atoms with van der Waals surface area (Å²) < 4.78 is 0. The Bertz CT molecular complexity index is 249. The third-order valence-electron chi connectivity index (χ3n) is 4.15. The van der Waals surface area contributed by atoms with E-state index in [4.69, 9.17) is 0 Å². The number of hydrogen-bond acceptors (Lipinski definition) is 2. The average molecular weight is 333 g/mol. The average Bonchev–Trinajstić information content (AvgIpc) is 2.45. The highest BCUT2D eigenvalue weighted by Crippen LogP contribution is 2.19. The molecule has 1 fully saturated rings. The van der Waals surface area contributed by atoms with Crippen molar-refractivity contribution in [2.75, 3.05) is 38.1 Å². The van der Waals surface area contributed by atoms with Gasteiger partial charge in [0, 0.05) is 31.4 Å². The highest BCUT2D eigenvalue weighted by molar-refractivity contribution is 9.09. The molecule has 1 aliphatic heterocycles. The maximum absolute atomic E-state index is 12.0. The molecule has 1 amide bonds. The summed E-state index contributed by atoms with van der Waals surface area (Å²) in [5.74, 6) is 1.15. The molecule has 0 aliphatic carbocycles. The fourth-order valence-electron chi connectivity index (χ4n) is 2.74. The summed E-state index contributed by atoms with van der Waals surface area (Å²) in [5, 5.41) is 1.01. The molecule has 0 bridgehead atoms. The van der Waals surface area contributed by atoms with E-state index in [1.165, 1.54) is 19.4 Å². The van der Waals surface area contributed by atoms with E-state index < -0.39 is 0 Å². The molecule has 1 saturated heterocycles. The molecule has 19 heavy (non-hydrogen) atoms. The molecule has 0 N–H and O–H groups in total. The van der Waals surface area contributed by atoms with Crippen molar-refractivity contribution in [3.8, 4) is 0 Å². The van der Waals surface area contributed by atoms with Gasteiger partial charge in [0.15, 0.2) is 0 Å². The molecule has 4 heteroatoms. The summed E-state index contributed by atoms with van der Waals surface area (Å²) in [5.41, 5.74) is 0. The summed E-state index contributed by atoms with van der Waals surface area (Å²) in [6.45, 7) is 9.89. The minimum Gasteiger partial charge on any atom is -0.343 e. The molecule has 0 spiro atoms. The lowest BCUT2D eigenvalue weighted by Crippen LogP contribution is -2.41. The maximum atomic E-state index is 12.0. The Balaban J connectivity index is 2.22. The van der Waals surface area contributed by atoms with Gasteiger partial charge < -0.3 is 9.80 Å². The first-order chi connectivity index (χ1) is 9.21. The molecule has 0 atom stereocenters. The molecule has 0 radical (unpaired) electrons. The highest BCUT2D eigenvalue weighted by Gasteiger charge is 2.23. The third-order valence-corrected chi connectivity index (χ3v) is 4.71. The summed E-state index contributed by atoms with van der Waals surface area (Å²) in [7, 11) is 0. The van der Waals surface area contributed by atoms with Gasteiger partial charge in [-0.1, -0.05) is 29.8 Å². The first kappa shape index (κ1) is 17.0. The third kappa shape index (κ3) is 6.26. The molecular formula is C15H29BrN2O. The number of hydrogen-bond donors (Lipinski definition) is 0. The number of carbonyl (C=O) groups excluding carboxylic acids is 1. The van der Waals surface area contributed by atoms with E-state index >= 15 is 0 Å². The van der Waals surface area contributed by atoms with Crippen LogP contribution in [-0.2, 0) is 4.79 Å². The molecule has 1 aliphatic rings. The molecule has 0 aromatic rings. The second kappa shape index (κ2) is 9.76. The van der Waals surface area contributed by atoms with Crippen LogP contribution >= 0.6 is 15.9 Å². The summed E-state index contributed by atoms with van der Waals surface area (Å²) in [6, 6.07) is 0. The highest BCUT2D eigenvalue weighted by atomic mass is 79.9. The first-order valence-electron chi connectivity index (χ1n) is 7.77. The van der Waals surface area contributed by atoms with Crippen LogP contribution in [0.15, 0.2) is 0 Å².